The molecule has 3 aromatic heterocycles. The lowest BCUT2D eigenvalue weighted by atomic mass is 10.0. The number of fused-ring (bicyclic) bond motifs is 1. The van der Waals surface area contributed by atoms with Gasteiger partial charge < -0.3 is 9.30 Å². The van der Waals surface area contributed by atoms with Crippen molar-refractivity contribution in [1.82, 2.24) is 30.2 Å². The van der Waals surface area contributed by atoms with E-state index in [4.69, 9.17) is 16.3 Å². The van der Waals surface area contributed by atoms with E-state index in [-0.39, 0.29) is 0 Å². The molecule has 0 saturated carbocycles. The van der Waals surface area contributed by atoms with E-state index in [1.807, 2.05) is 72.4 Å². The topological polar surface area (TPSA) is 81.5 Å². The van der Waals surface area contributed by atoms with Gasteiger partial charge in [-0.2, -0.15) is 0 Å². The van der Waals surface area contributed by atoms with E-state index < -0.39 is 0 Å². The molecule has 8 heteroatoms. The van der Waals surface area contributed by atoms with Gasteiger partial charge in [-0.3, -0.25) is 4.98 Å². The number of hydrogen-bond donors (Lipinski definition) is 1. The lowest BCUT2D eigenvalue weighted by Gasteiger charge is -2.11. The minimum atomic E-state index is 0.457. The minimum absolute atomic E-state index is 0.457. The summed E-state index contributed by atoms with van der Waals surface area (Å²) in [5.41, 5.74) is 5.73. The van der Waals surface area contributed by atoms with Gasteiger partial charge >= 0.3 is 0 Å². The van der Waals surface area contributed by atoms with Crippen LogP contribution in [-0.4, -0.2) is 30.2 Å². The fourth-order valence-electron chi connectivity index (χ4n) is 3.75. The third-order valence-corrected chi connectivity index (χ3v) is 5.89. The van der Waals surface area contributed by atoms with Crippen LogP contribution in [0.4, 0.5) is 0 Å². The van der Waals surface area contributed by atoms with Crippen molar-refractivity contribution in [2.75, 3.05) is 0 Å². The smallest absolute Gasteiger partial charge is 0.181 e. The molecule has 5 rings (SSSR count). The summed E-state index contributed by atoms with van der Waals surface area (Å²) >= 11 is 6.58. The van der Waals surface area contributed by atoms with Crippen LogP contribution < -0.4 is 4.74 Å². The number of aromatic amines is 1. The number of aromatic nitrogens is 6. The molecule has 160 valence electrons. The Balaban J connectivity index is 1.41. The van der Waals surface area contributed by atoms with Crippen LogP contribution in [0.2, 0.25) is 5.15 Å². The first-order chi connectivity index (χ1) is 15.6. The van der Waals surface area contributed by atoms with Crippen LogP contribution in [-0.2, 0) is 20.1 Å². The maximum absolute atomic E-state index is 6.58. The molecule has 0 atom stereocenters. The number of ether oxygens (including phenoxy) is 1. The fraction of sp³-hybridized carbons (Fsp3) is 0.167. The maximum Gasteiger partial charge on any atom is 0.181 e. The van der Waals surface area contributed by atoms with E-state index >= 15 is 0 Å². The van der Waals surface area contributed by atoms with Crippen LogP contribution in [0, 0.1) is 0 Å². The van der Waals surface area contributed by atoms with E-state index in [1.54, 1.807) is 0 Å². The van der Waals surface area contributed by atoms with Crippen molar-refractivity contribution in [2.24, 2.45) is 7.05 Å². The molecule has 0 aliphatic rings. The molecule has 2 aromatic carbocycles. The third kappa shape index (κ3) is 3.71. The summed E-state index contributed by atoms with van der Waals surface area (Å²) < 4.78 is 8.05. The summed E-state index contributed by atoms with van der Waals surface area (Å²) in [6.45, 7) is 2.55. The molecule has 0 fully saturated rings. The summed E-state index contributed by atoms with van der Waals surface area (Å²) in [6, 6.07) is 18.2. The fourth-order valence-corrected chi connectivity index (χ4v) is 4.01. The first kappa shape index (κ1) is 20.2. The van der Waals surface area contributed by atoms with Crippen LogP contribution in [0.3, 0.4) is 0 Å². The van der Waals surface area contributed by atoms with Crippen molar-refractivity contribution in [3.05, 3.63) is 77.2 Å². The van der Waals surface area contributed by atoms with E-state index in [9.17, 15) is 0 Å². The molecule has 5 aromatic rings. The molecule has 0 saturated heterocycles. The molecule has 7 nitrogen and oxygen atoms in total. The predicted molar refractivity (Wildman–Crippen MR) is 124 cm³/mol. The molecule has 0 amide bonds. The summed E-state index contributed by atoms with van der Waals surface area (Å²) in [5.74, 6) is 1.42. The van der Waals surface area contributed by atoms with Crippen molar-refractivity contribution in [2.45, 2.75) is 20.0 Å². The highest BCUT2D eigenvalue weighted by atomic mass is 35.5. The highest BCUT2D eigenvalue weighted by Gasteiger charge is 2.18. The Bertz CT molecular complexity index is 1380. The zero-order chi connectivity index (χ0) is 22.1. The molecule has 0 aliphatic heterocycles. The van der Waals surface area contributed by atoms with Crippen LogP contribution >= 0.6 is 11.6 Å². The Morgan fingerprint density at radius 1 is 1.09 bits per heavy atom. The number of para-hydroxylation sites is 1. The Labute approximate surface area is 190 Å². The monoisotopic (exact) mass is 444 g/mol. The second kappa shape index (κ2) is 8.43. The summed E-state index contributed by atoms with van der Waals surface area (Å²) in [5, 5.41) is 15.8. The number of nitrogens with one attached hydrogen (secondary N) is 1. The molecule has 3 heterocycles. The Morgan fingerprint density at radius 2 is 1.91 bits per heavy atom. The van der Waals surface area contributed by atoms with Crippen molar-refractivity contribution in [3.63, 3.8) is 0 Å². The predicted octanol–water partition coefficient (Wildman–Crippen LogP) is 5.22. The van der Waals surface area contributed by atoms with Crippen molar-refractivity contribution in [1.29, 1.82) is 0 Å². The average Bonchev–Trinajstić information content (AvgIpc) is 3.46. The lowest BCUT2D eigenvalue weighted by molar-refractivity contribution is 0.309. The number of pyridine rings is 1. The first-order valence-corrected chi connectivity index (χ1v) is 10.7. The zero-order valence-electron chi connectivity index (χ0n) is 17.7. The van der Waals surface area contributed by atoms with Gasteiger partial charge in [0, 0.05) is 41.5 Å². The standard InChI is InChI=1S/C24H21ClN6O/c1-3-17-12-21(18-6-4-5-7-20(18)26-17)32-14-15-8-10-16(11-9-15)22-19(13-31(2)23(22)25)24-27-29-30-28-24/h4-13H,3,14H2,1-2H3,(H,27,28,29,30). The van der Waals surface area contributed by atoms with Crippen molar-refractivity contribution < 1.29 is 4.74 Å². The van der Waals surface area contributed by atoms with Crippen molar-refractivity contribution >= 4 is 22.5 Å². The number of aryl methyl sites for hydroxylation is 2. The average molecular weight is 445 g/mol. The quantitative estimate of drug-likeness (QED) is 0.388. The van der Waals surface area contributed by atoms with E-state index in [2.05, 4.69) is 32.5 Å². The molecular weight excluding hydrogens is 424 g/mol. The molecule has 0 unspecified atom stereocenters. The van der Waals surface area contributed by atoms with E-state index in [0.29, 0.717) is 17.6 Å². The second-order valence-electron chi connectivity index (χ2n) is 7.54. The maximum atomic E-state index is 6.58. The van der Waals surface area contributed by atoms with Gasteiger partial charge in [-0.15, -0.1) is 5.10 Å². The Hall–Kier alpha value is -3.71. The number of nitrogens with zero attached hydrogens (tertiary/aromatic N) is 5. The molecule has 0 spiro atoms. The van der Waals surface area contributed by atoms with Gasteiger partial charge in [0.1, 0.15) is 17.5 Å². The number of benzene rings is 2. The van der Waals surface area contributed by atoms with Crippen LogP contribution in [0.25, 0.3) is 33.4 Å². The minimum Gasteiger partial charge on any atom is -0.488 e. The van der Waals surface area contributed by atoms with E-state index in [0.717, 1.165) is 51.0 Å². The first-order valence-electron chi connectivity index (χ1n) is 10.3. The second-order valence-corrected chi connectivity index (χ2v) is 7.90. The normalized spacial score (nSPS) is 11.2. The van der Waals surface area contributed by atoms with Crippen molar-refractivity contribution in [3.8, 4) is 28.3 Å². The lowest BCUT2D eigenvalue weighted by Crippen LogP contribution is -1.98. The van der Waals surface area contributed by atoms with Gasteiger partial charge in [0.15, 0.2) is 5.82 Å². The SMILES string of the molecule is CCc1cc(OCc2ccc(-c3c(-c4nnn[nH]4)cn(C)c3Cl)cc2)c2ccccc2n1. The molecule has 0 radical (unpaired) electrons. The van der Waals surface area contributed by atoms with E-state index in [1.165, 1.54) is 0 Å². The Morgan fingerprint density at radius 3 is 2.66 bits per heavy atom. The number of tetrazole rings is 1. The number of halogens is 1. The third-order valence-electron chi connectivity index (χ3n) is 5.44. The van der Waals surface area contributed by atoms with Gasteiger partial charge in [0.25, 0.3) is 0 Å². The van der Waals surface area contributed by atoms with Crippen LogP contribution in [0.15, 0.2) is 60.8 Å². The van der Waals surface area contributed by atoms with Crippen LogP contribution in [0.1, 0.15) is 18.2 Å². The molecule has 0 aliphatic carbocycles. The van der Waals surface area contributed by atoms with Gasteiger partial charge in [0.05, 0.1) is 5.52 Å². The molecular formula is C24H21ClN6O. The zero-order valence-corrected chi connectivity index (χ0v) is 18.5. The number of hydrogen-bond acceptors (Lipinski definition) is 5. The molecule has 1 N–H and O–H groups in total. The number of H-pyrrole nitrogens is 1. The molecule has 0 bridgehead atoms. The summed E-state index contributed by atoms with van der Waals surface area (Å²) in [4.78, 5) is 4.68. The van der Waals surface area contributed by atoms with Gasteiger partial charge in [-0.05, 0) is 40.1 Å². The highest BCUT2D eigenvalue weighted by Crippen LogP contribution is 2.37. The van der Waals surface area contributed by atoms with Gasteiger partial charge in [-0.1, -0.05) is 54.9 Å². The highest BCUT2D eigenvalue weighted by molar-refractivity contribution is 6.33. The summed E-state index contributed by atoms with van der Waals surface area (Å²) in [6.07, 6.45) is 2.77. The van der Waals surface area contributed by atoms with Gasteiger partial charge in [-0.25, -0.2) is 5.10 Å². The largest absolute Gasteiger partial charge is 0.488 e. The number of rotatable bonds is 6. The molecule has 32 heavy (non-hydrogen) atoms. The summed E-state index contributed by atoms with van der Waals surface area (Å²) in [7, 11) is 1.89. The Kier molecular flexibility index (Phi) is 5.33. The van der Waals surface area contributed by atoms with Gasteiger partial charge in [0.2, 0.25) is 0 Å². The van der Waals surface area contributed by atoms with Crippen LogP contribution in [0.5, 0.6) is 5.75 Å².